The maximum absolute atomic E-state index is 14.3. The highest BCUT2D eigenvalue weighted by Gasteiger charge is 2.25. The molecular weight excluding hydrogens is 397 g/mol. The number of aromatic nitrogens is 1. The summed E-state index contributed by atoms with van der Waals surface area (Å²) in [5.41, 5.74) is 3.28. The molecule has 1 aromatic carbocycles. The Morgan fingerprint density at radius 1 is 1.38 bits per heavy atom. The second-order valence-electron chi connectivity index (χ2n) is 5.65. The molecule has 1 aliphatic carbocycles. The Labute approximate surface area is 152 Å². The summed E-state index contributed by atoms with van der Waals surface area (Å²) in [6, 6.07) is 7.44. The predicted molar refractivity (Wildman–Crippen MR) is 96.9 cm³/mol. The number of hydrogen-bond acceptors (Lipinski definition) is 2. The lowest BCUT2D eigenvalue weighted by Crippen LogP contribution is -2.10. The minimum atomic E-state index is -0.957. The number of para-hydroxylation sites is 1. The number of rotatable bonds is 3. The second kappa shape index (κ2) is 6.65. The largest absolute Gasteiger partial charge is 0.481 e. The molecule has 0 fully saturated rings. The van der Waals surface area contributed by atoms with Gasteiger partial charge in [-0.1, -0.05) is 45.7 Å². The quantitative estimate of drug-likeness (QED) is 0.728. The third-order valence-corrected chi connectivity index (χ3v) is 5.26. The number of carbonyl (C=O) groups is 1. The lowest BCUT2D eigenvalue weighted by Gasteiger charge is -2.21. The molecule has 124 valence electrons. The molecule has 0 spiro atoms. The number of halogens is 3. The average Bonchev–Trinajstić information content (AvgIpc) is 2.54. The first kappa shape index (κ1) is 17.1. The summed E-state index contributed by atoms with van der Waals surface area (Å²) in [5.74, 6) is -1.45. The summed E-state index contributed by atoms with van der Waals surface area (Å²) in [7, 11) is 0. The van der Waals surface area contributed by atoms with E-state index in [0.29, 0.717) is 39.7 Å². The van der Waals surface area contributed by atoms with Gasteiger partial charge in [-0.2, -0.15) is 0 Å². The maximum Gasteiger partial charge on any atom is 0.307 e. The van der Waals surface area contributed by atoms with Crippen LogP contribution in [0.4, 0.5) is 4.39 Å². The van der Waals surface area contributed by atoms with Gasteiger partial charge >= 0.3 is 5.97 Å². The van der Waals surface area contributed by atoms with E-state index in [1.807, 2.05) is 24.3 Å². The molecule has 1 heterocycles. The average molecular weight is 411 g/mol. The Morgan fingerprint density at radius 2 is 2.08 bits per heavy atom. The summed E-state index contributed by atoms with van der Waals surface area (Å²) in [4.78, 5) is 15.8. The van der Waals surface area contributed by atoms with E-state index in [4.69, 9.17) is 11.6 Å². The van der Waals surface area contributed by atoms with Gasteiger partial charge in [0, 0.05) is 15.6 Å². The molecule has 0 saturated carbocycles. The van der Waals surface area contributed by atoms with Gasteiger partial charge < -0.3 is 5.11 Å². The van der Waals surface area contributed by atoms with Crippen LogP contribution in [0.15, 0.2) is 39.6 Å². The van der Waals surface area contributed by atoms with Crippen LogP contribution < -0.4 is 0 Å². The smallest absolute Gasteiger partial charge is 0.307 e. The Hall–Kier alpha value is -1.72. The number of pyridine rings is 1. The first-order valence-corrected chi connectivity index (χ1v) is 8.60. The summed E-state index contributed by atoms with van der Waals surface area (Å²) < 4.78 is 14.7. The predicted octanol–water partition coefficient (Wildman–Crippen LogP) is 5.49. The van der Waals surface area contributed by atoms with E-state index in [0.717, 1.165) is 10.9 Å². The van der Waals surface area contributed by atoms with Crippen molar-refractivity contribution in [2.75, 3.05) is 0 Å². The SMILES string of the molecule is Cc1nc2ccccc2c(C2=C(Cl)C(F)=C(Br)CC2)c1CC(=O)O. The van der Waals surface area contributed by atoms with Crippen LogP contribution in [0.5, 0.6) is 0 Å². The molecule has 1 aromatic heterocycles. The van der Waals surface area contributed by atoms with Crippen LogP contribution in [-0.2, 0) is 11.2 Å². The number of fused-ring (bicyclic) bond motifs is 1. The number of nitrogens with zero attached hydrogens (tertiary/aromatic N) is 1. The van der Waals surface area contributed by atoms with Crippen molar-refractivity contribution in [3.63, 3.8) is 0 Å². The van der Waals surface area contributed by atoms with Gasteiger partial charge in [-0.3, -0.25) is 9.78 Å². The number of allylic oxidation sites excluding steroid dienone is 4. The summed E-state index contributed by atoms with van der Waals surface area (Å²) in [6.45, 7) is 1.77. The molecule has 0 atom stereocenters. The van der Waals surface area contributed by atoms with Gasteiger partial charge in [-0.25, -0.2) is 4.39 Å². The fourth-order valence-corrected chi connectivity index (χ4v) is 3.84. The number of carboxylic acids is 1. The minimum absolute atomic E-state index is 0.0375. The van der Waals surface area contributed by atoms with Crippen LogP contribution in [0.25, 0.3) is 16.5 Å². The highest BCUT2D eigenvalue weighted by atomic mass is 79.9. The summed E-state index contributed by atoms with van der Waals surface area (Å²) >= 11 is 9.47. The Kier molecular flexibility index (Phi) is 4.74. The van der Waals surface area contributed by atoms with Crippen molar-refractivity contribution in [3.8, 4) is 0 Å². The Bertz CT molecular complexity index is 921. The zero-order valence-corrected chi connectivity index (χ0v) is 15.2. The Balaban J connectivity index is 2.39. The van der Waals surface area contributed by atoms with Crippen molar-refractivity contribution in [2.45, 2.75) is 26.2 Å². The number of carboxylic acid groups (broad SMARTS) is 1. The lowest BCUT2D eigenvalue weighted by molar-refractivity contribution is -0.136. The first-order valence-electron chi connectivity index (χ1n) is 7.43. The molecule has 3 rings (SSSR count). The molecule has 0 unspecified atom stereocenters. The molecule has 0 radical (unpaired) electrons. The van der Waals surface area contributed by atoms with E-state index < -0.39 is 11.8 Å². The highest BCUT2D eigenvalue weighted by Crippen LogP contribution is 2.44. The molecule has 3 nitrogen and oxygen atoms in total. The maximum atomic E-state index is 14.3. The lowest BCUT2D eigenvalue weighted by atomic mass is 9.88. The van der Waals surface area contributed by atoms with Crippen LogP contribution in [0.3, 0.4) is 0 Å². The topological polar surface area (TPSA) is 50.2 Å². The van der Waals surface area contributed by atoms with Gasteiger partial charge in [0.2, 0.25) is 0 Å². The second-order valence-corrected chi connectivity index (χ2v) is 6.99. The van der Waals surface area contributed by atoms with Gasteiger partial charge in [0.05, 0.1) is 17.0 Å². The molecule has 24 heavy (non-hydrogen) atoms. The number of aryl methyl sites for hydroxylation is 1. The first-order chi connectivity index (χ1) is 11.4. The zero-order chi connectivity index (χ0) is 17.4. The minimum Gasteiger partial charge on any atom is -0.481 e. The molecule has 0 bridgehead atoms. The number of aliphatic carboxylic acids is 1. The molecule has 1 N–H and O–H groups in total. The van der Waals surface area contributed by atoms with Crippen LogP contribution in [-0.4, -0.2) is 16.1 Å². The third kappa shape index (κ3) is 2.98. The molecule has 1 aliphatic rings. The molecular formula is C18H14BrClFNO2. The van der Waals surface area contributed by atoms with Gasteiger partial charge in [0.15, 0.2) is 5.83 Å². The number of benzene rings is 1. The van der Waals surface area contributed by atoms with Crippen LogP contribution in [0.1, 0.15) is 29.7 Å². The van der Waals surface area contributed by atoms with E-state index in [1.165, 1.54) is 0 Å². The van der Waals surface area contributed by atoms with Crippen LogP contribution >= 0.6 is 27.5 Å². The van der Waals surface area contributed by atoms with Gasteiger partial charge in [0.1, 0.15) is 0 Å². The van der Waals surface area contributed by atoms with E-state index in [1.54, 1.807) is 6.92 Å². The van der Waals surface area contributed by atoms with Crippen molar-refractivity contribution in [1.82, 2.24) is 4.98 Å². The van der Waals surface area contributed by atoms with Crippen molar-refractivity contribution >= 4 is 50.0 Å². The van der Waals surface area contributed by atoms with E-state index in [9.17, 15) is 14.3 Å². The van der Waals surface area contributed by atoms with E-state index in [-0.39, 0.29) is 11.5 Å². The monoisotopic (exact) mass is 409 g/mol. The molecule has 6 heteroatoms. The van der Waals surface area contributed by atoms with Crippen molar-refractivity contribution in [2.24, 2.45) is 0 Å². The van der Waals surface area contributed by atoms with Gasteiger partial charge in [0.25, 0.3) is 0 Å². The van der Waals surface area contributed by atoms with Crippen molar-refractivity contribution in [3.05, 3.63) is 56.4 Å². The fraction of sp³-hybridized carbons (Fsp3) is 0.222. The van der Waals surface area contributed by atoms with Crippen LogP contribution in [0, 0.1) is 6.92 Å². The molecule has 0 aliphatic heterocycles. The molecule has 0 amide bonds. The fourth-order valence-electron chi connectivity index (χ4n) is 3.03. The van der Waals surface area contributed by atoms with Gasteiger partial charge in [-0.05, 0) is 42.5 Å². The van der Waals surface area contributed by atoms with E-state index >= 15 is 0 Å². The van der Waals surface area contributed by atoms with Gasteiger partial charge in [-0.15, -0.1) is 0 Å². The summed E-state index contributed by atoms with van der Waals surface area (Å²) in [5, 5.41) is 10.1. The normalized spacial score (nSPS) is 15.3. The number of hydrogen-bond donors (Lipinski definition) is 1. The Morgan fingerprint density at radius 3 is 2.79 bits per heavy atom. The van der Waals surface area contributed by atoms with Crippen molar-refractivity contribution in [1.29, 1.82) is 0 Å². The standard InChI is InChI=1S/C18H14BrClFNO2/c1-9-12(8-15(23)24)16(10-4-2-3-5-14(10)22-9)11-6-7-13(19)18(21)17(11)20/h2-5H,6-8H2,1H3,(H,23,24). The third-order valence-electron chi connectivity index (χ3n) is 4.12. The molecule has 0 saturated heterocycles. The zero-order valence-electron chi connectivity index (χ0n) is 12.9. The highest BCUT2D eigenvalue weighted by molar-refractivity contribution is 9.11. The summed E-state index contributed by atoms with van der Waals surface area (Å²) in [6.07, 6.45) is 0.839. The van der Waals surface area contributed by atoms with Crippen molar-refractivity contribution < 1.29 is 14.3 Å². The van der Waals surface area contributed by atoms with E-state index in [2.05, 4.69) is 20.9 Å². The van der Waals surface area contributed by atoms with Crippen LogP contribution in [0.2, 0.25) is 0 Å². The molecule has 2 aromatic rings.